The van der Waals surface area contributed by atoms with Gasteiger partial charge < -0.3 is 0 Å². The molecule has 0 fully saturated rings. The molecular formula is C49H29N3. The van der Waals surface area contributed by atoms with E-state index < -0.39 is 0 Å². The lowest BCUT2D eigenvalue weighted by Gasteiger charge is -2.20. The van der Waals surface area contributed by atoms with Gasteiger partial charge in [-0.25, -0.2) is 4.98 Å². The van der Waals surface area contributed by atoms with E-state index in [2.05, 4.69) is 185 Å². The molecule has 2 aliphatic carbocycles. The predicted molar refractivity (Wildman–Crippen MR) is 220 cm³/mol. The molecule has 0 spiro atoms. The van der Waals surface area contributed by atoms with E-state index >= 15 is 0 Å². The lowest BCUT2D eigenvalue weighted by Crippen LogP contribution is -1.96. The molecule has 12 rings (SSSR count). The van der Waals surface area contributed by atoms with Gasteiger partial charge in [-0.3, -0.25) is 8.97 Å². The monoisotopic (exact) mass is 659 g/mol. The number of hydrogen-bond donors (Lipinski definition) is 0. The van der Waals surface area contributed by atoms with Crippen LogP contribution in [0.5, 0.6) is 0 Å². The second kappa shape index (κ2) is 10.3. The quantitative estimate of drug-likeness (QED) is 0.172. The van der Waals surface area contributed by atoms with Crippen molar-refractivity contribution in [2.45, 2.75) is 0 Å². The summed E-state index contributed by atoms with van der Waals surface area (Å²) < 4.78 is 4.63. The van der Waals surface area contributed by atoms with E-state index in [1.54, 1.807) is 0 Å². The Balaban J connectivity index is 1.36. The molecule has 0 N–H and O–H groups in total. The molecule has 0 amide bonds. The molecule has 0 aliphatic heterocycles. The molecule has 2 aromatic heterocycles. The molecule has 10 aromatic rings. The highest BCUT2D eigenvalue weighted by Crippen LogP contribution is 2.47. The summed E-state index contributed by atoms with van der Waals surface area (Å²) in [4.78, 5) is 5.21. The zero-order valence-electron chi connectivity index (χ0n) is 28.1. The Morgan fingerprint density at radius 2 is 0.712 bits per heavy atom. The van der Waals surface area contributed by atoms with Crippen molar-refractivity contribution < 1.29 is 0 Å². The van der Waals surface area contributed by atoms with Crippen LogP contribution in [0.3, 0.4) is 0 Å². The maximum absolute atomic E-state index is 5.21. The molecule has 0 unspecified atom stereocenters. The fourth-order valence-electron chi connectivity index (χ4n) is 9.13. The number of imidazole rings is 2. The van der Waals surface area contributed by atoms with Gasteiger partial charge >= 0.3 is 0 Å². The zero-order chi connectivity index (χ0) is 33.9. The molecule has 52 heavy (non-hydrogen) atoms. The lowest BCUT2D eigenvalue weighted by atomic mass is 9.84. The summed E-state index contributed by atoms with van der Waals surface area (Å²) >= 11 is 0. The van der Waals surface area contributed by atoms with E-state index in [0.717, 1.165) is 33.5 Å². The molecule has 3 heteroatoms. The third kappa shape index (κ3) is 3.61. The summed E-state index contributed by atoms with van der Waals surface area (Å²) in [6.07, 6.45) is 0. The number of nitrogens with zero attached hydrogens (tertiary/aromatic N) is 3. The Bertz CT molecular complexity index is 3470. The minimum atomic E-state index is 0.912. The van der Waals surface area contributed by atoms with Crippen molar-refractivity contribution in [1.29, 1.82) is 0 Å². The maximum atomic E-state index is 5.21. The fraction of sp³-hybridized carbons (Fsp3) is 0. The Kier molecular flexibility index (Phi) is 5.50. The predicted octanol–water partition coefficient (Wildman–Crippen LogP) is 13.0. The molecule has 0 bridgehead atoms. The number of fused-ring (bicyclic) bond motifs is 15. The molecule has 0 radical (unpaired) electrons. The molecule has 0 saturated heterocycles. The van der Waals surface area contributed by atoms with Gasteiger partial charge in [-0.1, -0.05) is 140 Å². The van der Waals surface area contributed by atoms with Gasteiger partial charge in [0.15, 0.2) is 0 Å². The van der Waals surface area contributed by atoms with Gasteiger partial charge in [0.05, 0.1) is 22.1 Å². The van der Waals surface area contributed by atoms with Crippen molar-refractivity contribution in [3.05, 3.63) is 176 Å². The van der Waals surface area contributed by atoms with E-state index in [1.165, 1.54) is 75.8 Å². The van der Waals surface area contributed by atoms with Crippen LogP contribution >= 0.6 is 0 Å². The average molecular weight is 660 g/mol. The molecule has 3 nitrogen and oxygen atoms in total. The minimum absolute atomic E-state index is 0.912. The van der Waals surface area contributed by atoms with E-state index in [0.29, 0.717) is 0 Å². The van der Waals surface area contributed by atoms with E-state index in [4.69, 9.17) is 4.98 Å². The maximum Gasteiger partial charge on any atom is 0.220 e. The Hall–Kier alpha value is -6.97. The summed E-state index contributed by atoms with van der Waals surface area (Å²) in [7, 11) is 0. The van der Waals surface area contributed by atoms with Crippen molar-refractivity contribution in [3.63, 3.8) is 0 Å². The van der Waals surface area contributed by atoms with Gasteiger partial charge in [0.1, 0.15) is 0 Å². The number of para-hydroxylation sites is 4. The van der Waals surface area contributed by atoms with E-state index in [-0.39, 0.29) is 0 Å². The lowest BCUT2D eigenvalue weighted by molar-refractivity contribution is 1.11. The topological polar surface area (TPSA) is 22.2 Å². The van der Waals surface area contributed by atoms with Crippen LogP contribution in [0.4, 0.5) is 0 Å². The van der Waals surface area contributed by atoms with Gasteiger partial charge in [0.2, 0.25) is 5.78 Å². The normalized spacial score (nSPS) is 12.2. The highest BCUT2D eigenvalue weighted by atomic mass is 15.2. The van der Waals surface area contributed by atoms with Crippen LogP contribution < -0.4 is 0 Å². The smallest absolute Gasteiger partial charge is 0.220 e. The van der Waals surface area contributed by atoms with Crippen LogP contribution in [0.15, 0.2) is 176 Å². The number of benzene rings is 8. The van der Waals surface area contributed by atoms with E-state index in [9.17, 15) is 0 Å². The largest absolute Gasteiger partial charge is 0.278 e. The molecule has 2 aliphatic rings. The summed E-state index contributed by atoms with van der Waals surface area (Å²) in [6.45, 7) is 0. The molecule has 0 atom stereocenters. The summed E-state index contributed by atoms with van der Waals surface area (Å²) in [5.41, 5.74) is 8.01. The highest BCUT2D eigenvalue weighted by molar-refractivity contribution is 6.31. The van der Waals surface area contributed by atoms with Crippen LogP contribution in [-0.2, 0) is 0 Å². The first-order valence-corrected chi connectivity index (χ1v) is 17.9. The van der Waals surface area contributed by atoms with Crippen molar-refractivity contribution in [1.82, 2.24) is 14.0 Å². The second-order valence-electron chi connectivity index (χ2n) is 13.9. The van der Waals surface area contributed by atoms with Crippen molar-refractivity contribution >= 4 is 92.5 Å². The first kappa shape index (κ1) is 27.8. The first-order chi connectivity index (χ1) is 25.8. The van der Waals surface area contributed by atoms with Crippen LogP contribution in [-0.4, -0.2) is 14.0 Å². The van der Waals surface area contributed by atoms with Crippen molar-refractivity contribution in [2.75, 3.05) is 0 Å². The van der Waals surface area contributed by atoms with Crippen LogP contribution in [0.2, 0.25) is 0 Å². The van der Waals surface area contributed by atoms with Gasteiger partial charge in [0.25, 0.3) is 0 Å². The highest BCUT2D eigenvalue weighted by Gasteiger charge is 2.21. The Morgan fingerprint density at radius 1 is 0.308 bits per heavy atom. The summed E-state index contributed by atoms with van der Waals surface area (Å²) in [5, 5.41) is 14.9. The Labute approximate surface area is 298 Å². The van der Waals surface area contributed by atoms with Crippen LogP contribution in [0.1, 0.15) is 0 Å². The molecule has 240 valence electrons. The fourth-order valence-corrected chi connectivity index (χ4v) is 9.13. The third-order valence-corrected chi connectivity index (χ3v) is 11.3. The van der Waals surface area contributed by atoms with Crippen LogP contribution in [0, 0.1) is 0 Å². The van der Waals surface area contributed by atoms with Gasteiger partial charge in [-0.05, 0) is 112 Å². The number of hydrogen-bond acceptors (Lipinski definition) is 1. The van der Waals surface area contributed by atoms with Gasteiger partial charge in [-0.2, -0.15) is 0 Å². The zero-order valence-corrected chi connectivity index (χ0v) is 28.1. The van der Waals surface area contributed by atoms with E-state index in [1.807, 2.05) is 0 Å². The van der Waals surface area contributed by atoms with Crippen LogP contribution in [0.25, 0.3) is 109 Å². The standard InChI is InChI=1S/C49H29N3/c1-4-16-34-31(13-1)32-14-2-5-17-35(32)40-21-12-22-41-42-29-30(51-45-25-9-10-26-46(45)52-44-24-8-7-23-43(44)50-49(51)52)27-28-37(42)33-15-3-6-18-36(33)39-20-11-19-38(34)47(39)48(40)41/h1-29H. The SMILES string of the molecule is c1ccc2c(c1)nc1n(-c3ccc4c(c3)c3cccc5c3-c3c(cccc3c3ccccc34)c3ccccc3c3ccccc53)c3ccccc3n21. The molecule has 2 heterocycles. The molecular weight excluding hydrogens is 631 g/mol. The molecule has 0 saturated carbocycles. The van der Waals surface area contributed by atoms with Crippen molar-refractivity contribution in [2.24, 2.45) is 0 Å². The summed E-state index contributed by atoms with van der Waals surface area (Å²) in [6, 6.07) is 64.6. The second-order valence-corrected chi connectivity index (χ2v) is 13.9. The summed E-state index contributed by atoms with van der Waals surface area (Å²) in [5.74, 6) is 0.912. The molecule has 8 aromatic carbocycles. The van der Waals surface area contributed by atoms with Gasteiger partial charge in [-0.15, -0.1) is 0 Å². The first-order valence-electron chi connectivity index (χ1n) is 17.9. The third-order valence-electron chi connectivity index (χ3n) is 11.3. The Morgan fingerprint density at radius 3 is 1.27 bits per heavy atom. The number of aromatic nitrogens is 3. The average Bonchev–Trinajstić information content (AvgIpc) is 3.74. The van der Waals surface area contributed by atoms with Gasteiger partial charge in [0, 0.05) is 5.69 Å². The number of rotatable bonds is 1. The minimum Gasteiger partial charge on any atom is -0.278 e. The van der Waals surface area contributed by atoms with Crippen molar-refractivity contribution in [3.8, 4) is 16.8 Å².